The monoisotopic (exact) mass is 436 g/mol. The van der Waals surface area contributed by atoms with E-state index in [9.17, 15) is 13.2 Å². The van der Waals surface area contributed by atoms with Gasteiger partial charge in [-0.1, -0.05) is 54.1 Å². The minimum absolute atomic E-state index is 0.131. The first-order valence-corrected chi connectivity index (χ1v) is 11.7. The van der Waals surface area contributed by atoms with Crippen molar-refractivity contribution in [1.29, 1.82) is 0 Å². The van der Waals surface area contributed by atoms with Gasteiger partial charge in [0.2, 0.25) is 0 Å². The van der Waals surface area contributed by atoms with Crippen molar-refractivity contribution in [3.63, 3.8) is 0 Å². The van der Waals surface area contributed by atoms with Crippen LogP contribution in [0.25, 0.3) is 0 Å². The molecule has 0 saturated heterocycles. The average molecular weight is 437 g/mol. The van der Waals surface area contributed by atoms with Gasteiger partial charge in [0.05, 0.1) is 10.6 Å². The fraction of sp³-hybridized carbons (Fsp3) is 0.240. The molecule has 6 heteroatoms. The molecule has 162 valence electrons. The molecule has 1 amide bonds. The summed E-state index contributed by atoms with van der Waals surface area (Å²) in [7, 11) is -2.22. The summed E-state index contributed by atoms with van der Waals surface area (Å²) in [5.41, 5.74) is 3.76. The quantitative estimate of drug-likeness (QED) is 0.535. The Labute approximate surface area is 185 Å². The summed E-state index contributed by atoms with van der Waals surface area (Å²) in [6, 6.07) is 21.8. The number of nitrogens with zero attached hydrogens (tertiary/aromatic N) is 2. The van der Waals surface area contributed by atoms with E-state index in [1.165, 1.54) is 11.4 Å². The molecule has 0 bridgehead atoms. The maximum Gasteiger partial charge on any atom is 0.264 e. The molecule has 0 radical (unpaired) electrons. The van der Waals surface area contributed by atoms with Crippen molar-refractivity contribution < 1.29 is 13.2 Å². The van der Waals surface area contributed by atoms with Crippen LogP contribution in [-0.4, -0.2) is 32.8 Å². The summed E-state index contributed by atoms with van der Waals surface area (Å²) in [5, 5.41) is 0. The third-order valence-electron chi connectivity index (χ3n) is 5.36. The van der Waals surface area contributed by atoms with E-state index in [2.05, 4.69) is 0 Å². The molecular weight excluding hydrogens is 408 g/mol. The van der Waals surface area contributed by atoms with E-state index >= 15 is 0 Å². The fourth-order valence-electron chi connectivity index (χ4n) is 3.39. The first-order chi connectivity index (χ1) is 14.7. The Bertz CT molecular complexity index is 1160. The third-order valence-corrected chi connectivity index (χ3v) is 7.15. The predicted octanol–water partition coefficient (Wildman–Crippen LogP) is 4.79. The van der Waals surface area contributed by atoms with Gasteiger partial charge in [-0.2, -0.15) is 0 Å². The van der Waals surface area contributed by atoms with Crippen LogP contribution in [0.15, 0.2) is 77.7 Å². The van der Waals surface area contributed by atoms with Crippen LogP contribution in [0.1, 0.15) is 34.0 Å². The molecule has 0 fully saturated rings. The predicted molar refractivity (Wildman–Crippen MR) is 125 cm³/mol. The molecule has 0 aliphatic heterocycles. The molecule has 0 saturated carbocycles. The zero-order valence-electron chi connectivity index (χ0n) is 18.4. The van der Waals surface area contributed by atoms with Crippen molar-refractivity contribution >= 4 is 21.6 Å². The average Bonchev–Trinajstić information content (AvgIpc) is 2.78. The van der Waals surface area contributed by atoms with Crippen LogP contribution < -0.4 is 4.31 Å². The van der Waals surface area contributed by atoms with Crippen molar-refractivity contribution in [2.24, 2.45) is 0 Å². The topological polar surface area (TPSA) is 57.7 Å². The molecule has 0 N–H and O–H groups in total. The molecular formula is C25H28N2O3S. The van der Waals surface area contributed by atoms with Crippen molar-refractivity contribution in [1.82, 2.24) is 4.90 Å². The van der Waals surface area contributed by atoms with E-state index in [-0.39, 0.29) is 10.8 Å². The van der Waals surface area contributed by atoms with Gasteiger partial charge in [-0.25, -0.2) is 8.42 Å². The number of carbonyl (C=O) groups is 1. The first-order valence-electron chi connectivity index (χ1n) is 10.2. The highest BCUT2D eigenvalue weighted by atomic mass is 32.2. The van der Waals surface area contributed by atoms with Gasteiger partial charge >= 0.3 is 0 Å². The maximum absolute atomic E-state index is 13.2. The lowest BCUT2D eigenvalue weighted by Gasteiger charge is -2.24. The lowest BCUT2D eigenvalue weighted by Crippen LogP contribution is -2.31. The largest absolute Gasteiger partial charge is 0.335 e. The maximum atomic E-state index is 13.2. The van der Waals surface area contributed by atoms with Crippen LogP contribution in [0.2, 0.25) is 0 Å². The third kappa shape index (κ3) is 4.97. The molecule has 5 nitrogen and oxygen atoms in total. The summed E-state index contributed by atoms with van der Waals surface area (Å²) < 4.78 is 27.5. The number of benzene rings is 3. The molecule has 31 heavy (non-hydrogen) atoms. The number of amides is 1. The number of rotatable bonds is 7. The van der Waals surface area contributed by atoms with Crippen molar-refractivity contribution in [2.75, 3.05) is 17.9 Å². The van der Waals surface area contributed by atoms with Crippen LogP contribution >= 0.6 is 0 Å². The second kappa shape index (κ2) is 9.35. The number of hydrogen-bond donors (Lipinski definition) is 0. The Morgan fingerprint density at radius 2 is 1.55 bits per heavy atom. The van der Waals surface area contributed by atoms with Gasteiger partial charge in [0, 0.05) is 25.7 Å². The van der Waals surface area contributed by atoms with E-state index in [4.69, 9.17) is 0 Å². The second-order valence-corrected chi connectivity index (χ2v) is 9.56. The minimum atomic E-state index is -3.74. The Balaban J connectivity index is 1.91. The Kier molecular flexibility index (Phi) is 6.81. The molecule has 0 unspecified atom stereocenters. The highest BCUT2D eigenvalue weighted by Crippen LogP contribution is 2.27. The number of hydrogen-bond acceptors (Lipinski definition) is 3. The molecule has 0 aliphatic carbocycles. The molecule has 0 heterocycles. The van der Waals surface area contributed by atoms with Crippen LogP contribution in [0.3, 0.4) is 0 Å². The van der Waals surface area contributed by atoms with Gasteiger partial charge in [0.1, 0.15) is 0 Å². The van der Waals surface area contributed by atoms with Gasteiger partial charge in [0.15, 0.2) is 0 Å². The number of anilines is 1. The van der Waals surface area contributed by atoms with Gasteiger partial charge in [-0.3, -0.25) is 9.10 Å². The van der Waals surface area contributed by atoms with Gasteiger partial charge < -0.3 is 4.90 Å². The number of sulfonamides is 1. The summed E-state index contributed by atoms with van der Waals surface area (Å²) in [6.07, 6.45) is 0. The van der Waals surface area contributed by atoms with Gasteiger partial charge in [-0.15, -0.1) is 0 Å². The molecule has 3 rings (SSSR count). The van der Waals surface area contributed by atoms with Crippen LogP contribution in [0.5, 0.6) is 0 Å². The summed E-state index contributed by atoms with van der Waals surface area (Å²) >= 11 is 0. The summed E-state index contributed by atoms with van der Waals surface area (Å²) in [6.45, 7) is 6.73. The van der Waals surface area contributed by atoms with E-state index in [0.29, 0.717) is 24.3 Å². The van der Waals surface area contributed by atoms with Crippen LogP contribution in [0, 0.1) is 13.8 Å². The van der Waals surface area contributed by atoms with Gasteiger partial charge in [-0.05, 0) is 56.2 Å². The lowest BCUT2D eigenvalue weighted by atomic mass is 10.1. The lowest BCUT2D eigenvalue weighted by molar-refractivity contribution is 0.0752. The van der Waals surface area contributed by atoms with E-state index in [1.54, 1.807) is 47.4 Å². The minimum Gasteiger partial charge on any atom is -0.335 e. The summed E-state index contributed by atoms with van der Waals surface area (Å²) in [5.74, 6) is -0.131. The molecule has 0 spiro atoms. The smallest absolute Gasteiger partial charge is 0.264 e. The SMILES string of the molecule is CCN(Cc1ccccc1)C(=O)c1ccc(C)c(N(C)S(=O)(=O)c2ccc(C)cc2)c1. The molecule has 0 aromatic heterocycles. The van der Waals surface area contributed by atoms with E-state index in [1.807, 2.05) is 51.1 Å². The van der Waals surface area contributed by atoms with E-state index < -0.39 is 10.0 Å². The normalized spacial score (nSPS) is 11.2. The van der Waals surface area contributed by atoms with Crippen LogP contribution in [-0.2, 0) is 16.6 Å². The molecule has 3 aromatic rings. The highest BCUT2D eigenvalue weighted by molar-refractivity contribution is 7.92. The van der Waals surface area contributed by atoms with Crippen molar-refractivity contribution in [2.45, 2.75) is 32.2 Å². The zero-order chi connectivity index (χ0) is 22.6. The summed E-state index contributed by atoms with van der Waals surface area (Å²) in [4.78, 5) is 15.1. The van der Waals surface area contributed by atoms with E-state index in [0.717, 1.165) is 16.7 Å². The second-order valence-electron chi connectivity index (χ2n) is 7.59. The van der Waals surface area contributed by atoms with Crippen molar-refractivity contribution in [3.8, 4) is 0 Å². The molecule has 0 atom stereocenters. The molecule has 3 aromatic carbocycles. The Hall–Kier alpha value is -3.12. The zero-order valence-corrected chi connectivity index (χ0v) is 19.2. The first kappa shape index (κ1) is 22.6. The Morgan fingerprint density at radius 1 is 0.903 bits per heavy atom. The van der Waals surface area contributed by atoms with Crippen molar-refractivity contribution in [3.05, 3.63) is 95.1 Å². The standard InChI is InChI=1S/C25H28N2O3S/c1-5-27(18-21-9-7-6-8-10-21)25(28)22-14-13-20(3)24(17-22)26(4)31(29,30)23-15-11-19(2)12-16-23/h6-17H,5,18H2,1-4H3. The number of carbonyl (C=O) groups excluding carboxylic acids is 1. The number of aryl methyl sites for hydroxylation is 2. The molecule has 0 aliphatic rings. The van der Waals surface area contributed by atoms with Crippen LogP contribution in [0.4, 0.5) is 5.69 Å². The van der Waals surface area contributed by atoms with Gasteiger partial charge in [0.25, 0.3) is 15.9 Å². The fourth-order valence-corrected chi connectivity index (χ4v) is 4.64. The Morgan fingerprint density at radius 3 is 2.16 bits per heavy atom. The highest BCUT2D eigenvalue weighted by Gasteiger charge is 2.24.